The molecule has 0 aliphatic heterocycles. The maximum absolute atomic E-state index is 10.8. The summed E-state index contributed by atoms with van der Waals surface area (Å²) in [5.74, 6) is 0.476. The molecular formula is C12H19NO5S. The van der Waals surface area contributed by atoms with E-state index in [0.29, 0.717) is 22.8 Å². The molecule has 6 nitrogen and oxygen atoms in total. The lowest BCUT2D eigenvalue weighted by Crippen LogP contribution is -2.32. The SMILES string of the molecule is COc1cc(OC)c(OC)cc1C[C@H](N)C(=O)O.S. The van der Waals surface area contributed by atoms with E-state index in [0.717, 1.165) is 0 Å². The van der Waals surface area contributed by atoms with Crippen molar-refractivity contribution in [2.24, 2.45) is 5.73 Å². The van der Waals surface area contributed by atoms with Gasteiger partial charge in [0.2, 0.25) is 0 Å². The van der Waals surface area contributed by atoms with Crippen molar-refractivity contribution in [3.8, 4) is 17.2 Å². The Labute approximate surface area is 118 Å². The fourth-order valence-electron chi connectivity index (χ4n) is 1.58. The number of nitrogens with two attached hydrogens (primary N) is 1. The lowest BCUT2D eigenvalue weighted by atomic mass is 10.0. The summed E-state index contributed by atoms with van der Waals surface area (Å²) in [5.41, 5.74) is 6.16. The summed E-state index contributed by atoms with van der Waals surface area (Å²) < 4.78 is 15.5. The monoisotopic (exact) mass is 289 g/mol. The quantitative estimate of drug-likeness (QED) is 0.804. The highest BCUT2D eigenvalue weighted by molar-refractivity contribution is 7.59. The maximum Gasteiger partial charge on any atom is 0.320 e. The Morgan fingerprint density at radius 3 is 2.05 bits per heavy atom. The second-order valence-corrected chi connectivity index (χ2v) is 3.67. The average molecular weight is 289 g/mol. The lowest BCUT2D eigenvalue weighted by molar-refractivity contribution is -0.138. The van der Waals surface area contributed by atoms with Crippen molar-refractivity contribution in [3.63, 3.8) is 0 Å². The molecule has 108 valence electrons. The molecule has 0 aliphatic carbocycles. The van der Waals surface area contributed by atoms with Gasteiger partial charge < -0.3 is 25.1 Å². The van der Waals surface area contributed by atoms with Gasteiger partial charge >= 0.3 is 5.97 Å². The van der Waals surface area contributed by atoms with Crippen molar-refractivity contribution < 1.29 is 24.1 Å². The Morgan fingerprint density at radius 1 is 1.16 bits per heavy atom. The summed E-state index contributed by atoms with van der Waals surface area (Å²) in [4.78, 5) is 10.8. The van der Waals surface area contributed by atoms with Crippen molar-refractivity contribution in [2.75, 3.05) is 21.3 Å². The van der Waals surface area contributed by atoms with Crippen molar-refractivity contribution >= 4 is 19.5 Å². The molecule has 3 N–H and O–H groups in total. The highest BCUT2D eigenvalue weighted by atomic mass is 32.1. The summed E-state index contributed by atoms with van der Waals surface area (Å²) in [6, 6.07) is 2.32. The number of aliphatic carboxylic acids is 1. The van der Waals surface area contributed by atoms with E-state index in [4.69, 9.17) is 25.1 Å². The highest BCUT2D eigenvalue weighted by Gasteiger charge is 2.18. The van der Waals surface area contributed by atoms with Crippen LogP contribution in [0.15, 0.2) is 12.1 Å². The topological polar surface area (TPSA) is 91.0 Å². The number of hydrogen-bond acceptors (Lipinski definition) is 5. The molecule has 1 aromatic carbocycles. The normalized spacial score (nSPS) is 11.2. The van der Waals surface area contributed by atoms with Crippen LogP contribution in [0.25, 0.3) is 0 Å². The second-order valence-electron chi connectivity index (χ2n) is 3.67. The van der Waals surface area contributed by atoms with Crippen LogP contribution in [0, 0.1) is 0 Å². The first-order chi connectivity index (χ1) is 8.53. The van der Waals surface area contributed by atoms with Gasteiger partial charge in [-0.15, -0.1) is 0 Å². The fourth-order valence-corrected chi connectivity index (χ4v) is 1.58. The van der Waals surface area contributed by atoms with Gasteiger partial charge in [-0.05, 0) is 6.07 Å². The molecular weight excluding hydrogens is 270 g/mol. The molecule has 0 bridgehead atoms. The average Bonchev–Trinajstić information content (AvgIpc) is 2.37. The second kappa shape index (κ2) is 7.75. The maximum atomic E-state index is 10.8. The zero-order valence-corrected chi connectivity index (χ0v) is 12.1. The number of rotatable bonds is 6. The van der Waals surface area contributed by atoms with Gasteiger partial charge in [0, 0.05) is 18.1 Å². The third kappa shape index (κ3) is 4.22. The van der Waals surface area contributed by atoms with Crippen LogP contribution in [-0.2, 0) is 11.2 Å². The fraction of sp³-hybridized carbons (Fsp3) is 0.417. The third-order valence-corrected chi connectivity index (χ3v) is 2.54. The van der Waals surface area contributed by atoms with Crippen LogP contribution in [0.1, 0.15) is 5.56 Å². The number of ether oxygens (including phenoxy) is 3. The van der Waals surface area contributed by atoms with Gasteiger partial charge in [-0.1, -0.05) is 0 Å². The summed E-state index contributed by atoms with van der Waals surface area (Å²) in [6.45, 7) is 0. The van der Waals surface area contributed by atoms with Crippen molar-refractivity contribution in [2.45, 2.75) is 12.5 Å². The molecule has 19 heavy (non-hydrogen) atoms. The molecule has 0 saturated heterocycles. The summed E-state index contributed by atoms with van der Waals surface area (Å²) in [7, 11) is 4.52. The van der Waals surface area contributed by atoms with Crippen LogP contribution < -0.4 is 19.9 Å². The first-order valence-electron chi connectivity index (χ1n) is 5.30. The van der Waals surface area contributed by atoms with Gasteiger partial charge in [0.25, 0.3) is 0 Å². The Kier molecular flexibility index (Phi) is 7.10. The van der Waals surface area contributed by atoms with Crippen LogP contribution in [0.3, 0.4) is 0 Å². The molecule has 7 heteroatoms. The van der Waals surface area contributed by atoms with E-state index in [2.05, 4.69) is 0 Å². The minimum absolute atomic E-state index is 0. The number of carboxylic acids is 1. The Morgan fingerprint density at radius 2 is 1.63 bits per heavy atom. The predicted molar refractivity (Wildman–Crippen MR) is 75.8 cm³/mol. The first-order valence-corrected chi connectivity index (χ1v) is 5.30. The van der Waals surface area contributed by atoms with Crippen LogP contribution in [0.4, 0.5) is 0 Å². The molecule has 0 unspecified atom stereocenters. The van der Waals surface area contributed by atoms with Crippen LogP contribution >= 0.6 is 13.5 Å². The summed E-state index contributed by atoms with van der Waals surface area (Å²) in [5, 5.41) is 8.81. The molecule has 0 saturated carbocycles. The molecule has 0 amide bonds. The van der Waals surface area contributed by atoms with Crippen LogP contribution in [-0.4, -0.2) is 38.4 Å². The van der Waals surface area contributed by atoms with Gasteiger partial charge in [0.15, 0.2) is 11.5 Å². The largest absolute Gasteiger partial charge is 0.496 e. The number of benzene rings is 1. The highest BCUT2D eigenvalue weighted by Crippen LogP contribution is 2.35. The van der Waals surface area contributed by atoms with Crippen molar-refractivity contribution in [1.82, 2.24) is 0 Å². The molecule has 0 aliphatic rings. The molecule has 1 aromatic rings. The van der Waals surface area contributed by atoms with Gasteiger partial charge in [-0.3, -0.25) is 4.79 Å². The zero-order valence-electron chi connectivity index (χ0n) is 11.1. The molecule has 0 spiro atoms. The minimum Gasteiger partial charge on any atom is -0.496 e. The number of methoxy groups -OCH3 is 3. The van der Waals surface area contributed by atoms with E-state index in [1.165, 1.54) is 21.3 Å². The smallest absolute Gasteiger partial charge is 0.320 e. The van der Waals surface area contributed by atoms with E-state index in [1.54, 1.807) is 12.1 Å². The third-order valence-electron chi connectivity index (χ3n) is 2.54. The predicted octanol–water partition coefficient (Wildman–Crippen LogP) is 0.780. The molecule has 0 radical (unpaired) electrons. The number of carboxylic acid groups (broad SMARTS) is 1. The number of hydrogen-bond donors (Lipinski definition) is 2. The number of carbonyl (C=O) groups is 1. The van der Waals surface area contributed by atoms with E-state index in [1.807, 2.05) is 0 Å². The van der Waals surface area contributed by atoms with Crippen molar-refractivity contribution in [3.05, 3.63) is 17.7 Å². The van der Waals surface area contributed by atoms with E-state index >= 15 is 0 Å². The van der Waals surface area contributed by atoms with Gasteiger partial charge in [0.05, 0.1) is 21.3 Å². The standard InChI is InChI=1S/C12H17NO5.H2S/c1-16-9-6-11(18-3)10(17-2)5-7(9)4-8(13)12(14)15;/h5-6,8H,4,13H2,1-3H3,(H,14,15);1H2/t8-;/m0./s1. The lowest BCUT2D eigenvalue weighted by Gasteiger charge is -2.15. The molecule has 0 heterocycles. The molecule has 1 rings (SSSR count). The summed E-state index contributed by atoms with van der Waals surface area (Å²) >= 11 is 0. The van der Waals surface area contributed by atoms with Gasteiger partial charge in [0.1, 0.15) is 11.8 Å². The summed E-state index contributed by atoms with van der Waals surface area (Å²) in [6.07, 6.45) is 0.152. The minimum atomic E-state index is -1.06. The van der Waals surface area contributed by atoms with Gasteiger partial charge in [-0.2, -0.15) is 13.5 Å². The van der Waals surface area contributed by atoms with Crippen LogP contribution in [0.5, 0.6) is 17.2 Å². The molecule has 0 aromatic heterocycles. The van der Waals surface area contributed by atoms with Crippen molar-refractivity contribution in [1.29, 1.82) is 0 Å². The Hall–Kier alpha value is -1.60. The zero-order chi connectivity index (χ0) is 13.7. The Bertz CT molecular complexity index is 438. The Balaban J connectivity index is 0.00000324. The van der Waals surface area contributed by atoms with Gasteiger partial charge in [-0.25, -0.2) is 0 Å². The van der Waals surface area contributed by atoms with E-state index in [-0.39, 0.29) is 19.9 Å². The van der Waals surface area contributed by atoms with E-state index in [9.17, 15) is 4.79 Å². The molecule has 0 fully saturated rings. The van der Waals surface area contributed by atoms with Crippen LogP contribution in [0.2, 0.25) is 0 Å². The first kappa shape index (κ1) is 17.4. The van der Waals surface area contributed by atoms with E-state index < -0.39 is 12.0 Å². The molecule has 1 atom stereocenters.